The Hall–Kier alpha value is -0.820. The van der Waals surface area contributed by atoms with E-state index in [1.165, 1.54) is 37.7 Å². The molecule has 1 aliphatic carbocycles. The molecule has 1 aromatic rings. The zero-order chi connectivity index (χ0) is 13.8. The topological polar surface area (TPSA) is 20.2 Å². The minimum absolute atomic E-state index is 0.268. The monoisotopic (exact) mass is 260 g/mol. The molecule has 1 N–H and O–H groups in total. The van der Waals surface area contributed by atoms with Gasteiger partial charge in [-0.3, -0.25) is 0 Å². The van der Waals surface area contributed by atoms with Crippen LogP contribution in [0, 0.1) is 11.8 Å². The first kappa shape index (κ1) is 14.6. The highest BCUT2D eigenvalue weighted by molar-refractivity contribution is 5.26. The number of benzene rings is 1. The molecule has 2 rings (SSSR count). The number of rotatable bonds is 4. The molecule has 0 saturated heterocycles. The van der Waals surface area contributed by atoms with Crippen LogP contribution in [0.1, 0.15) is 76.0 Å². The lowest BCUT2D eigenvalue weighted by molar-refractivity contribution is 0.0678. The highest BCUT2D eigenvalue weighted by Gasteiger charge is 2.27. The van der Waals surface area contributed by atoms with Crippen LogP contribution in [0.2, 0.25) is 0 Å². The van der Waals surface area contributed by atoms with Crippen molar-refractivity contribution in [2.75, 3.05) is 0 Å². The van der Waals surface area contributed by atoms with Crippen LogP contribution in [0.25, 0.3) is 0 Å². The van der Waals surface area contributed by atoms with Crippen molar-refractivity contribution in [1.29, 1.82) is 0 Å². The van der Waals surface area contributed by atoms with Gasteiger partial charge >= 0.3 is 0 Å². The first-order chi connectivity index (χ1) is 9.11. The lowest BCUT2D eigenvalue weighted by Crippen LogP contribution is -2.21. The van der Waals surface area contributed by atoms with Crippen molar-refractivity contribution >= 4 is 0 Å². The summed E-state index contributed by atoms with van der Waals surface area (Å²) in [7, 11) is 0. The average Bonchev–Trinajstić information content (AvgIpc) is 2.46. The Morgan fingerprint density at radius 2 is 1.74 bits per heavy atom. The molecule has 0 radical (unpaired) electrons. The van der Waals surface area contributed by atoms with Crippen LogP contribution in [0.3, 0.4) is 0 Å². The second-order valence-electron chi connectivity index (χ2n) is 6.47. The summed E-state index contributed by atoms with van der Waals surface area (Å²) in [6, 6.07) is 8.58. The average molecular weight is 260 g/mol. The Bertz CT molecular complexity index is 379. The Morgan fingerprint density at radius 3 is 2.32 bits per heavy atom. The van der Waals surface area contributed by atoms with E-state index in [2.05, 4.69) is 45.0 Å². The molecule has 1 aromatic carbocycles. The van der Waals surface area contributed by atoms with Crippen LogP contribution in [0.4, 0.5) is 0 Å². The third kappa shape index (κ3) is 3.60. The SMILES string of the molecule is CCC1CCCC(C(O)c2ccc(C(C)C)cc2)C1. The fourth-order valence-corrected chi connectivity index (χ4v) is 3.34. The smallest absolute Gasteiger partial charge is 0.0818 e. The minimum Gasteiger partial charge on any atom is -0.388 e. The third-order valence-electron chi connectivity index (χ3n) is 4.79. The molecule has 106 valence electrons. The zero-order valence-corrected chi connectivity index (χ0v) is 12.6. The summed E-state index contributed by atoms with van der Waals surface area (Å²) in [4.78, 5) is 0. The van der Waals surface area contributed by atoms with Gasteiger partial charge in [-0.2, -0.15) is 0 Å². The predicted molar refractivity (Wildman–Crippen MR) is 81.2 cm³/mol. The quantitative estimate of drug-likeness (QED) is 0.802. The van der Waals surface area contributed by atoms with Crippen LogP contribution in [0.15, 0.2) is 24.3 Å². The standard InChI is InChI=1S/C18H28O/c1-4-14-6-5-7-17(12-14)18(19)16-10-8-15(9-11-16)13(2)3/h8-11,13-14,17-19H,4-7,12H2,1-3H3. The molecule has 3 atom stereocenters. The summed E-state index contributed by atoms with van der Waals surface area (Å²) >= 11 is 0. The molecule has 0 aromatic heterocycles. The van der Waals surface area contributed by atoms with Crippen LogP contribution in [-0.4, -0.2) is 5.11 Å². The van der Waals surface area contributed by atoms with Crippen LogP contribution >= 0.6 is 0 Å². The molecular formula is C18H28O. The maximum absolute atomic E-state index is 10.6. The number of aliphatic hydroxyl groups is 1. The molecule has 0 bridgehead atoms. The Morgan fingerprint density at radius 1 is 1.11 bits per heavy atom. The van der Waals surface area contributed by atoms with E-state index >= 15 is 0 Å². The molecule has 0 spiro atoms. The van der Waals surface area contributed by atoms with Gasteiger partial charge in [-0.1, -0.05) is 64.3 Å². The molecule has 19 heavy (non-hydrogen) atoms. The molecule has 3 unspecified atom stereocenters. The van der Waals surface area contributed by atoms with Crippen molar-refractivity contribution in [3.8, 4) is 0 Å². The van der Waals surface area contributed by atoms with E-state index in [9.17, 15) is 5.11 Å². The number of aliphatic hydroxyl groups excluding tert-OH is 1. The van der Waals surface area contributed by atoms with Crippen molar-refractivity contribution < 1.29 is 5.11 Å². The predicted octanol–water partition coefficient (Wildman–Crippen LogP) is 5.06. The third-order valence-corrected chi connectivity index (χ3v) is 4.79. The fraction of sp³-hybridized carbons (Fsp3) is 0.667. The van der Waals surface area contributed by atoms with E-state index in [4.69, 9.17) is 0 Å². The molecule has 0 heterocycles. The summed E-state index contributed by atoms with van der Waals surface area (Å²) in [5.41, 5.74) is 2.46. The molecular weight excluding hydrogens is 232 g/mol. The Kier molecular flexibility index (Phi) is 5.04. The van der Waals surface area contributed by atoms with Gasteiger partial charge in [0.15, 0.2) is 0 Å². The summed E-state index contributed by atoms with van der Waals surface area (Å²) in [5, 5.41) is 10.6. The van der Waals surface area contributed by atoms with Gasteiger partial charge in [-0.05, 0) is 41.7 Å². The molecule has 1 nitrogen and oxygen atoms in total. The highest BCUT2D eigenvalue weighted by atomic mass is 16.3. The van der Waals surface area contributed by atoms with Crippen LogP contribution < -0.4 is 0 Å². The molecule has 1 fully saturated rings. The van der Waals surface area contributed by atoms with Crippen molar-refractivity contribution in [1.82, 2.24) is 0 Å². The lowest BCUT2D eigenvalue weighted by atomic mass is 9.76. The normalized spacial score (nSPS) is 25.5. The highest BCUT2D eigenvalue weighted by Crippen LogP contribution is 2.38. The lowest BCUT2D eigenvalue weighted by Gasteiger charge is -2.32. The van der Waals surface area contributed by atoms with E-state index in [1.807, 2.05) is 0 Å². The second kappa shape index (κ2) is 6.56. The van der Waals surface area contributed by atoms with Gasteiger partial charge in [0.05, 0.1) is 6.10 Å². The van der Waals surface area contributed by atoms with Gasteiger partial charge < -0.3 is 5.11 Å². The van der Waals surface area contributed by atoms with Gasteiger partial charge in [-0.15, -0.1) is 0 Å². The molecule has 0 amide bonds. The van der Waals surface area contributed by atoms with Crippen molar-refractivity contribution in [2.24, 2.45) is 11.8 Å². The van der Waals surface area contributed by atoms with E-state index in [1.54, 1.807) is 0 Å². The van der Waals surface area contributed by atoms with E-state index in [0.717, 1.165) is 11.5 Å². The first-order valence-electron chi connectivity index (χ1n) is 7.89. The van der Waals surface area contributed by atoms with Crippen molar-refractivity contribution in [3.05, 3.63) is 35.4 Å². The maximum atomic E-state index is 10.6. The Balaban J connectivity index is 2.04. The second-order valence-corrected chi connectivity index (χ2v) is 6.47. The van der Waals surface area contributed by atoms with Crippen molar-refractivity contribution in [3.63, 3.8) is 0 Å². The summed E-state index contributed by atoms with van der Waals surface area (Å²) in [5.74, 6) is 1.84. The van der Waals surface area contributed by atoms with Gasteiger partial charge in [0.25, 0.3) is 0 Å². The van der Waals surface area contributed by atoms with E-state index in [0.29, 0.717) is 11.8 Å². The van der Waals surface area contributed by atoms with E-state index < -0.39 is 0 Å². The summed E-state index contributed by atoms with van der Waals surface area (Å²) < 4.78 is 0. The van der Waals surface area contributed by atoms with E-state index in [-0.39, 0.29) is 6.10 Å². The largest absolute Gasteiger partial charge is 0.388 e. The fourth-order valence-electron chi connectivity index (χ4n) is 3.34. The van der Waals surface area contributed by atoms with Crippen LogP contribution in [-0.2, 0) is 0 Å². The first-order valence-corrected chi connectivity index (χ1v) is 7.89. The Labute approximate surface area is 118 Å². The maximum Gasteiger partial charge on any atom is 0.0818 e. The molecule has 1 saturated carbocycles. The van der Waals surface area contributed by atoms with Gasteiger partial charge in [0.1, 0.15) is 0 Å². The molecule has 1 aliphatic rings. The van der Waals surface area contributed by atoms with Crippen molar-refractivity contribution in [2.45, 2.75) is 64.9 Å². The number of hydrogen-bond donors (Lipinski definition) is 1. The minimum atomic E-state index is -0.268. The summed E-state index contributed by atoms with van der Waals surface area (Å²) in [6.07, 6.45) is 6.01. The number of hydrogen-bond acceptors (Lipinski definition) is 1. The summed E-state index contributed by atoms with van der Waals surface area (Å²) in [6.45, 7) is 6.69. The van der Waals surface area contributed by atoms with Gasteiger partial charge in [0.2, 0.25) is 0 Å². The molecule has 0 aliphatic heterocycles. The van der Waals surface area contributed by atoms with Gasteiger partial charge in [0, 0.05) is 0 Å². The molecule has 1 heteroatoms. The van der Waals surface area contributed by atoms with Gasteiger partial charge in [-0.25, -0.2) is 0 Å². The van der Waals surface area contributed by atoms with Crippen LogP contribution in [0.5, 0.6) is 0 Å². The zero-order valence-electron chi connectivity index (χ0n) is 12.6.